The van der Waals surface area contributed by atoms with Crippen LogP contribution in [0.3, 0.4) is 0 Å². The second-order valence-corrected chi connectivity index (χ2v) is 8.65. The summed E-state index contributed by atoms with van der Waals surface area (Å²) in [5, 5.41) is 3.09. The third-order valence-electron chi connectivity index (χ3n) is 3.87. The van der Waals surface area contributed by atoms with Gasteiger partial charge in [0.2, 0.25) is 15.9 Å². The first-order valence-electron chi connectivity index (χ1n) is 8.51. The number of nitrogens with one attached hydrogen (secondary N) is 1. The van der Waals surface area contributed by atoms with Gasteiger partial charge in [-0.25, -0.2) is 12.8 Å². The normalized spacial score (nSPS) is 12.8. The van der Waals surface area contributed by atoms with Gasteiger partial charge in [0.05, 0.1) is 18.0 Å². The van der Waals surface area contributed by atoms with Crippen molar-refractivity contribution >= 4 is 27.5 Å². The van der Waals surface area contributed by atoms with Crippen LogP contribution in [0.25, 0.3) is 0 Å². The van der Waals surface area contributed by atoms with Crippen molar-refractivity contribution in [1.82, 2.24) is 9.62 Å². The molecular weight excluding hydrogens is 407 g/mol. The molecule has 152 valence electrons. The number of amides is 1. The number of halogens is 2. The fourth-order valence-corrected chi connectivity index (χ4v) is 4.06. The van der Waals surface area contributed by atoms with Crippen molar-refractivity contribution in [3.8, 4) is 0 Å². The quantitative estimate of drug-likeness (QED) is 0.666. The Morgan fingerprint density at radius 2 is 1.79 bits per heavy atom. The lowest BCUT2D eigenvalue weighted by atomic mass is 10.2. The number of ether oxygens (including phenoxy) is 1. The third kappa shape index (κ3) is 6.27. The molecular formula is C19H22ClFN2O4S. The van der Waals surface area contributed by atoms with E-state index in [-0.39, 0.29) is 17.5 Å². The Bertz CT molecular complexity index is 889. The zero-order valence-corrected chi connectivity index (χ0v) is 17.1. The summed E-state index contributed by atoms with van der Waals surface area (Å²) in [6, 6.07) is 10.8. The number of carbonyl (C=O) groups is 1. The fourth-order valence-electron chi connectivity index (χ4n) is 2.55. The van der Waals surface area contributed by atoms with E-state index in [2.05, 4.69) is 5.32 Å². The minimum atomic E-state index is -3.98. The lowest BCUT2D eigenvalue weighted by molar-refractivity contribution is -0.122. The van der Waals surface area contributed by atoms with Crippen LogP contribution in [0.15, 0.2) is 53.4 Å². The predicted molar refractivity (Wildman–Crippen MR) is 105 cm³/mol. The van der Waals surface area contributed by atoms with Gasteiger partial charge in [-0.3, -0.25) is 4.79 Å². The topological polar surface area (TPSA) is 75.7 Å². The molecule has 1 atom stereocenters. The number of hydrogen-bond acceptors (Lipinski definition) is 4. The van der Waals surface area contributed by atoms with Gasteiger partial charge in [0.15, 0.2) is 0 Å². The molecule has 6 nitrogen and oxygen atoms in total. The molecule has 28 heavy (non-hydrogen) atoms. The van der Waals surface area contributed by atoms with Crippen molar-refractivity contribution in [2.75, 3.05) is 20.3 Å². The van der Waals surface area contributed by atoms with Crippen LogP contribution in [-0.2, 0) is 26.1 Å². The Hall–Kier alpha value is -2.00. The van der Waals surface area contributed by atoms with Crippen molar-refractivity contribution in [3.63, 3.8) is 0 Å². The summed E-state index contributed by atoms with van der Waals surface area (Å²) < 4.78 is 45.3. The van der Waals surface area contributed by atoms with Crippen molar-refractivity contribution in [2.24, 2.45) is 0 Å². The lowest BCUT2D eigenvalue weighted by Crippen LogP contribution is -2.44. The Morgan fingerprint density at radius 1 is 1.18 bits per heavy atom. The maximum atomic E-state index is 13.2. The highest BCUT2D eigenvalue weighted by Gasteiger charge is 2.27. The molecule has 9 heteroatoms. The Kier molecular flexibility index (Phi) is 7.94. The number of methoxy groups -OCH3 is 1. The van der Waals surface area contributed by atoms with Crippen LogP contribution in [0.1, 0.15) is 12.5 Å². The average molecular weight is 429 g/mol. The minimum absolute atomic E-state index is 0.0109. The van der Waals surface area contributed by atoms with Crippen LogP contribution in [0.4, 0.5) is 4.39 Å². The highest BCUT2D eigenvalue weighted by atomic mass is 35.5. The van der Waals surface area contributed by atoms with Gasteiger partial charge in [-0.2, -0.15) is 4.31 Å². The van der Waals surface area contributed by atoms with Gasteiger partial charge in [-0.1, -0.05) is 23.7 Å². The SMILES string of the molecule is COC[C@@H](C)NC(=O)CN(Cc1ccc(F)cc1)S(=O)(=O)c1ccc(Cl)cc1. The first-order valence-corrected chi connectivity index (χ1v) is 10.3. The van der Waals surface area contributed by atoms with Crippen LogP contribution < -0.4 is 5.32 Å². The minimum Gasteiger partial charge on any atom is -0.383 e. The number of rotatable bonds is 9. The third-order valence-corrected chi connectivity index (χ3v) is 5.93. The summed E-state index contributed by atoms with van der Waals surface area (Å²) in [6.07, 6.45) is 0. The van der Waals surface area contributed by atoms with Crippen LogP contribution in [0.2, 0.25) is 5.02 Å². The van der Waals surface area contributed by atoms with Crippen molar-refractivity contribution in [3.05, 3.63) is 64.9 Å². The number of hydrogen-bond donors (Lipinski definition) is 1. The molecule has 0 aromatic heterocycles. The van der Waals surface area contributed by atoms with Crippen molar-refractivity contribution in [1.29, 1.82) is 0 Å². The van der Waals surface area contributed by atoms with Gasteiger partial charge in [0.1, 0.15) is 5.82 Å². The second kappa shape index (κ2) is 9.97. The molecule has 0 saturated heterocycles. The molecule has 0 radical (unpaired) electrons. The smallest absolute Gasteiger partial charge is 0.243 e. The maximum Gasteiger partial charge on any atom is 0.243 e. The summed E-state index contributed by atoms with van der Waals surface area (Å²) in [5.41, 5.74) is 0.552. The zero-order valence-electron chi connectivity index (χ0n) is 15.6. The molecule has 0 heterocycles. The van der Waals surface area contributed by atoms with Gasteiger partial charge in [-0.05, 0) is 48.9 Å². The summed E-state index contributed by atoms with van der Waals surface area (Å²) in [6.45, 7) is 1.57. The number of carbonyl (C=O) groups excluding carboxylic acids is 1. The van der Waals surface area contributed by atoms with Gasteiger partial charge in [0, 0.05) is 24.7 Å². The highest BCUT2D eigenvalue weighted by molar-refractivity contribution is 7.89. The van der Waals surface area contributed by atoms with E-state index in [4.69, 9.17) is 16.3 Å². The first kappa shape index (κ1) is 22.3. The molecule has 0 aliphatic carbocycles. The molecule has 0 bridgehead atoms. The molecule has 2 aromatic carbocycles. The van der Waals surface area contributed by atoms with E-state index in [1.54, 1.807) is 6.92 Å². The maximum absolute atomic E-state index is 13.2. The van der Waals surface area contributed by atoms with Crippen molar-refractivity contribution in [2.45, 2.75) is 24.4 Å². The number of benzene rings is 2. The van der Waals surface area contributed by atoms with E-state index < -0.39 is 28.3 Å². The largest absolute Gasteiger partial charge is 0.383 e. The van der Waals surface area contributed by atoms with Crippen LogP contribution >= 0.6 is 11.6 Å². The summed E-state index contributed by atoms with van der Waals surface area (Å²) in [4.78, 5) is 12.4. The molecule has 0 saturated carbocycles. The standard InChI is InChI=1S/C19H22ClFN2O4S/c1-14(13-27-2)22-19(24)12-23(11-15-3-7-17(21)8-4-15)28(25,26)18-9-5-16(20)6-10-18/h3-10,14H,11-13H2,1-2H3,(H,22,24)/t14-/m1/s1. The molecule has 2 rings (SSSR count). The van der Waals surface area contributed by atoms with E-state index in [1.165, 1.54) is 55.6 Å². The molecule has 1 amide bonds. The Balaban J connectivity index is 2.27. The van der Waals surface area contributed by atoms with E-state index >= 15 is 0 Å². The molecule has 0 fully saturated rings. The predicted octanol–water partition coefficient (Wildman–Crippen LogP) is 2.82. The van der Waals surface area contributed by atoms with Gasteiger partial charge in [-0.15, -0.1) is 0 Å². The van der Waals surface area contributed by atoms with Gasteiger partial charge in [0.25, 0.3) is 0 Å². The Morgan fingerprint density at radius 3 is 2.36 bits per heavy atom. The second-order valence-electron chi connectivity index (χ2n) is 6.28. The van der Waals surface area contributed by atoms with Gasteiger partial charge >= 0.3 is 0 Å². The molecule has 0 aliphatic rings. The summed E-state index contributed by atoms with van der Waals surface area (Å²) in [7, 11) is -2.47. The molecule has 0 unspecified atom stereocenters. The Labute approximate surface area is 169 Å². The summed E-state index contributed by atoms with van der Waals surface area (Å²) in [5.74, 6) is -0.897. The first-order chi connectivity index (χ1) is 13.2. The molecule has 1 N–H and O–H groups in total. The van der Waals surface area contributed by atoms with Crippen LogP contribution in [0, 0.1) is 5.82 Å². The summed E-state index contributed by atoms with van der Waals surface area (Å²) >= 11 is 5.84. The molecule has 0 spiro atoms. The lowest BCUT2D eigenvalue weighted by Gasteiger charge is -2.23. The number of nitrogens with zero attached hydrogens (tertiary/aromatic N) is 1. The monoisotopic (exact) mass is 428 g/mol. The fraction of sp³-hybridized carbons (Fsp3) is 0.316. The average Bonchev–Trinajstić information content (AvgIpc) is 2.63. The van der Waals surface area contributed by atoms with Gasteiger partial charge < -0.3 is 10.1 Å². The van der Waals surface area contributed by atoms with E-state index in [1.807, 2.05) is 0 Å². The van der Waals surface area contributed by atoms with Crippen LogP contribution in [0.5, 0.6) is 0 Å². The number of sulfonamides is 1. The highest BCUT2D eigenvalue weighted by Crippen LogP contribution is 2.20. The van der Waals surface area contributed by atoms with Crippen LogP contribution in [-0.4, -0.2) is 44.9 Å². The van der Waals surface area contributed by atoms with E-state index in [0.29, 0.717) is 17.2 Å². The van der Waals surface area contributed by atoms with E-state index in [0.717, 1.165) is 4.31 Å². The van der Waals surface area contributed by atoms with E-state index in [9.17, 15) is 17.6 Å². The molecule has 2 aromatic rings. The van der Waals surface area contributed by atoms with Crippen molar-refractivity contribution < 1.29 is 22.3 Å². The zero-order chi connectivity index (χ0) is 20.7. The molecule has 0 aliphatic heterocycles.